The molecular weight excluding hydrogens is 240 g/mol. The Labute approximate surface area is 113 Å². The number of aliphatic hydroxyl groups excluding tert-OH is 1. The fraction of sp³-hybridized carbons (Fsp3) is 0.400. The quantitative estimate of drug-likeness (QED) is 0.811. The number of para-hydroxylation sites is 2. The molecule has 1 unspecified atom stereocenters. The number of aromatic nitrogens is 2. The fourth-order valence-corrected chi connectivity index (χ4v) is 1.81. The normalized spacial score (nSPS) is 13.6. The number of fused-ring (bicyclic) bond motifs is 1. The van der Waals surface area contributed by atoms with Gasteiger partial charge in [-0.2, -0.15) is 0 Å². The van der Waals surface area contributed by atoms with Crippen molar-refractivity contribution in [3.05, 3.63) is 43.2 Å². The fourth-order valence-electron chi connectivity index (χ4n) is 1.81. The molecule has 0 amide bonds. The third-order valence-corrected chi connectivity index (χ3v) is 3.07. The van der Waals surface area contributed by atoms with Crippen LogP contribution in [0, 0.1) is 0 Å². The highest BCUT2D eigenvalue weighted by Gasteiger charge is 2.16. The van der Waals surface area contributed by atoms with E-state index >= 15 is 0 Å². The molecule has 0 bridgehead atoms. The zero-order valence-corrected chi connectivity index (χ0v) is 11.4. The molecule has 102 valence electrons. The van der Waals surface area contributed by atoms with E-state index in [1.165, 1.54) is 0 Å². The van der Waals surface area contributed by atoms with Gasteiger partial charge in [0.2, 0.25) is 0 Å². The molecular formula is C15H20N2O2. The van der Waals surface area contributed by atoms with Crippen molar-refractivity contribution in [3.8, 4) is 0 Å². The number of ether oxygens (including phenoxy) is 1. The van der Waals surface area contributed by atoms with E-state index in [-0.39, 0.29) is 6.61 Å². The number of nitrogens with zero attached hydrogens (tertiary/aromatic N) is 2. The molecule has 2 rings (SSSR count). The van der Waals surface area contributed by atoms with Crippen molar-refractivity contribution in [1.29, 1.82) is 0 Å². The lowest BCUT2D eigenvalue weighted by atomic mass is 10.1. The zero-order valence-electron chi connectivity index (χ0n) is 11.4. The maximum Gasteiger partial charge on any atom is 0.0959 e. The minimum absolute atomic E-state index is 0.269. The number of aliphatic hydroxyl groups is 1. The smallest absolute Gasteiger partial charge is 0.0959 e. The largest absolute Gasteiger partial charge is 0.389 e. The maximum atomic E-state index is 10.0. The topological polar surface area (TPSA) is 47.3 Å². The molecule has 1 atom stereocenters. The van der Waals surface area contributed by atoms with E-state index in [1.54, 1.807) is 12.4 Å². The van der Waals surface area contributed by atoms with E-state index in [2.05, 4.69) is 11.6 Å². The number of hydrogen-bond donors (Lipinski definition) is 1. The summed E-state index contributed by atoms with van der Waals surface area (Å²) in [5, 5.41) is 10.0. The van der Waals surface area contributed by atoms with Crippen molar-refractivity contribution < 1.29 is 9.84 Å². The van der Waals surface area contributed by atoms with Crippen LogP contribution in [-0.2, 0) is 11.3 Å². The Balaban J connectivity index is 1.99. The lowest BCUT2D eigenvalue weighted by Crippen LogP contribution is -2.29. The van der Waals surface area contributed by atoms with Gasteiger partial charge in [-0.05, 0) is 26.0 Å². The average Bonchev–Trinajstić information content (AvgIpc) is 2.80. The second-order valence-corrected chi connectivity index (χ2v) is 5.16. The Bertz CT molecular complexity index is 560. The Morgan fingerprint density at radius 2 is 2.21 bits per heavy atom. The molecule has 0 saturated heterocycles. The molecule has 2 aromatic rings. The zero-order chi connectivity index (χ0) is 13.9. The van der Waals surface area contributed by atoms with Crippen molar-refractivity contribution in [2.75, 3.05) is 6.61 Å². The highest BCUT2D eigenvalue weighted by molar-refractivity contribution is 5.74. The standard InChI is InChI=1S/C15H20N2O2/c1-4-15(2,3)19-10-12(18)9-17-11-16-13-7-5-6-8-14(13)17/h4-8,11-12,18H,1,9-10H2,2-3H3. The van der Waals surface area contributed by atoms with Crippen LogP contribution in [0.3, 0.4) is 0 Å². The Morgan fingerprint density at radius 1 is 1.47 bits per heavy atom. The minimum Gasteiger partial charge on any atom is -0.389 e. The van der Waals surface area contributed by atoms with Crippen LogP contribution in [0.5, 0.6) is 0 Å². The van der Waals surface area contributed by atoms with E-state index in [4.69, 9.17) is 4.74 Å². The number of benzene rings is 1. The van der Waals surface area contributed by atoms with E-state index < -0.39 is 11.7 Å². The van der Waals surface area contributed by atoms with Crippen LogP contribution in [0.15, 0.2) is 43.2 Å². The van der Waals surface area contributed by atoms with Crippen LogP contribution in [0.25, 0.3) is 11.0 Å². The van der Waals surface area contributed by atoms with Crippen LogP contribution in [0.4, 0.5) is 0 Å². The molecule has 0 radical (unpaired) electrons. The van der Waals surface area contributed by atoms with E-state index in [1.807, 2.05) is 42.7 Å². The monoisotopic (exact) mass is 260 g/mol. The summed E-state index contributed by atoms with van der Waals surface area (Å²) in [5.74, 6) is 0. The Hall–Kier alpha value is -1.65. The van der Waals surface area contributed by atoms with Crippen LogP contribution in [0.2, 0.25) is 0 Å². The molecule has 0 fully saturated rings. The maximum absolute atomic E-state index is 10.0. The predicted molar refractivity (Wildman–Crippen MR) is 76.0 cm³/mol. The Kier molecular flexibility index (Phi) is 4.02. The first-order valence-electron chi connectivity index (χ1n) is 6.37. The van der Waals surface area contributed by atoms with Gasteiger partial charge >= 0.3 is 0 Å². The summed E-state index contributed by atoms with van der Waals surface area (Å²) in [6.07, 6.45) is 2.90. The molecule has 1 aromatic carbocycles. The van der Waals surface area contributed by atoms with Gasteiger partial charge in [-0.3, -0.25) is 0 Å². The summed E-state index contributed by atoms with van der Waals surface area (Å²) >= 11 is 0. The van der Waals surface area contributed by atoms with Gasteiger partial charge in [-0.15, -0.1) is 6.58 Å². The predicted octanol–water partition coefficient (Wildman–Crippen LogP) is 2.38. The molecule has 0 saturated carbocycles. The SMILES string of the molecule is C=CC(C)(C)OCC(O)Cn1cnc2ccccc21. The highest BCUT2D eigenvalue weighted by atomic mass is 16.5. The summed E-state index contributed by atoms with van der Waals surface area (Å²) in [7, 11) is 0. The molecule has 4 heteroatoms. The van der Waals surface area contributed by atoms with Crippen LogP contribution < -0.4 is 0 Å². The summed E-state index contributed by atoms with van der Waals surface area (Å²) in [4.78, 5) is 4.29. The van der Waals surface area contributed by atoms with Crippen molar-refractivity contribution in [3.63, 3.8) is 0 Å². The van der Waals surface area contributed by atoms with Crippen LogP contribution >= 0.6 is 0 Å². The van der Waals surface area contributed by atoms with Gasteiger partial charge in [0, 0.05) is 0 Å². The average molecular weight is 260 g/mol. The second-order valence-electron chi connectivity index (χ2n) is 5.16. The minimum atomic E-state index is -0.572. The summed E-state index contributed by atoms with van der Waals surface area (Å²) in [6, 6.07) is 7.86. The molecule has 1 N–H and O–H groups in total. The van der Waals surface area contributed by atoms with Gasteiger partial charge in [0.15, 0.2) is 0 Å². The van der Waals surface area contributed by atoms with Gasteiger partial charge in [-0.1, -0.05) is 18.2 Å². The van der Waals surface area contributed by atoms with Crippen LogP contribution in [-0.4, -0.2) is 33.0 Å². The molecule has 0 aliphatic carbocycles. The van der Waals surface area contributed by atoms with Crippen molar-refractivity contribution >= 4 is 11.0 Å². The van der Waals surface area contributed by atoms with Crippen molar-refractivity contribution in [1.82, 2.24) is 9.55 Å². The number of hydrogen-bond acceptors (Lipinski definition) is 3. The number of rotatable bonds is 6. The lowest BCUT2D eigenvalue weighted by Gasteiger charge is -2.23. The Morgan fingerprint density at radius 3 is 2.95 bits per heavy atom. The molecule has 0 spiro atoms. The third kappa shape index (κ3) is 3.43. The highest BCUT2D eigenvalue weighted by Crippen LogP contribution is 2.14. The molecule has 4 nitrogen and oxygen atoms in total. The third-order valence-electron chi connectivity index (χ3n) is 3.07. The second kappa shape index (κ2) is 5.55. The molecule has 19 heavy (non-hydrogen) atoms. The first kappa shape index (κ1) is 13.8. The van der Waals surface area contributed by atoms with Gasteiger partial charge < -0.3 is 14.4 Å². The van der Waals surface area contributed by atoms with E-state index in [0.717, 1.165) is 11.0 Å². The number of imidazole rings is 1. The first-order chi connectivity index (χ1) is 9.02. The summed E-state index contributed by atoms with van der Waals surface area (Å²) in [6.45, 7) is 8.27. The van der Waals surface area contributed by atoms with Crippen molar-refractivity contribution in [2.24, 2.45) is 0 Å². The van der Waals surface area contributed by atoms with E-state index in [9.17, 15) is 5.11 Å². The van der Waals surface area contributed by atoms with E-state index in [0.29, 0.717) is 6.54 Å². The van der Waals surface area contributed by atoms with Crippen molar-refractivity contribution in [2.45, 2.75) is 32.1 Å². The molecule has 1 heterocycles. The van der Waals surface area contributed by atoms with Gasteiger partial charge in [0.25, 0.3) is 0 Å². The van der Waals surface area contributed by atoms with Gasteiger partial charge in [0.1, 0.15) is 0 Å². The molecule has 1 aromatic heterocycles. The summed E-state index contributed by atoms with van der Waals surface area (Å²) in [5.41, 5.74) is 1.53. The lowest BCUT2D eigenvalue weighted by molar-refractivity contribution is -0.0368. The molecule has 0 aliphatic rings. The van der Waals surface area contributed by atoms with Gasteiger partial charge in [0.05, 0.1) is 42.2 Å². The molecule has 0 aliphatic heterocycles. The first-order valence-corrected chi connectivity index (χ1v) is 6.37. The summed E-state index contributed by atoms with van der Waals surface area (Å²) < 4.78 is 7.53. The van der Waals surface area contributed by atoms with Crippen LogP contribution in [0.1, 0.15) is 13.8 Å². The van der Waals surface area contributed by atoms with Gasteiger partial charge in [-0.25, -0.2) is 4.98 Å².